The molecule has 0 aromatic rings. The average molecular weight is 262 g/mol. The smallest absolute Gasteiger partial charge is 0.247 e. The lowest BCUT2D eigenvalue weighted by Crippen LogP contribution is -2.41. The second-order valence-corrected chi connectivity index (χ2v) is 4.84. The number of carbonyl (C=O) groups excluding carboxylic acids is 1. The summed E-state index contributed by atoms with van der Waals surface area (Å²) in [7, 11) is 0. The minimum absolute atomic E-state index is 0.0414. The average Bonchev–Trinajstić information content (AvgIpc) is 2.27. The van der Waals surface area contributed by atoms with Crippen LogP contribution >= 0.6 is 0 Å². The minimum atomic E-state index is -1.22. The molecule has 0 aliphatic heterocycles. The second-order valence-electron chi connectivity index (χ2n) is 4.84. The van der Waals surface area contributed by atoms with Crippen LogP contribution in [0.2, 0.25) is 0 Å². The van der Waals surface area contributed by atoms with Crippen molar-refractivity contribution in [2.45, 2.75) is 38.9 Å². The molecule has 5 N–H and O–H groups in total. The van der Waals surface area contributed by atoms with Gasteiger partial charge in [-0.15, -0.1) is 0 Å². The maximum absolute atomic E-state index is 10.5. The van der Waals surface area contributed by atoms with Gasteiger partial charge in [-0.1, -0.05) is 13.8 Å². The van der Waals surface area contributed by atoms with Crippen LogP contribution in [0.5, 0.6) is 0 Å². The van der Waals surface area contributed by atoms with E-state index >= 15 is 0 Å². The predicted molar refractivity (Wildman–Crippen MR) is 69.0 cm³/mol. The molecule has 0 radical (unpaired) electrons. The van der Waals surface area contributed by atoms with Crippen molar-refractivity contribution >= 4 is 5.91 Å². The van der Waals surface area contributed by atoms with Crippen molar-refractivity contribution in [1.29, 1.82) is 0 Å². The number of hydrogen-bond acceptors (Lipinski definition) is 5. The van der Waals surface area contributed by atoms with E-state index in [-0.39, 0.29) is 19.7 Å². The molecule has 2 atom stereocenters. The largest absolute Gasteiger partial charge is 0.389 e. The minimum Gasteiger partial charge on any atom is -0.389 e. The molecule has 0 aromatic heterocycles. The Kier molecular flexibility index (Phi) is 9.86. The number of nitrogens with two attached hydrogens (primary N) is 1. The number of ether oxygens (including phenoxy) is 1. The van der Waals surface area contributed by atoms with Crippen molar-refractivity contribution in [3.63, 3.8) is 0 Å². The van der Waals surface area contributed by atoms with Gasteiger partial charge in [0.2, 0.25) is 5.91 Å². The Bertz CT molecular complexity index is 224. The van der Waals surface area contributed by atoms with Crippen molar-refractivity contribution in [2.24, 2.45) is 11.7 Å². The van der Waals surface area contributed by atoms with Crippen LogP contribution in [0, 0.1) is 5.92 Å². The molecule has 0 saturated carbocycles. The molecular weight excluding hydrogens is 236 g/mol. The summed E-state index contributed by atoms with van der Waals surface area (Å²) in [6.07, 6.45) is 0.227. The van der Waals surface area contributed by atoms with E-state index in [9.17, 15) is 9.90 Å². The van der Waals surface area contributed by atoms with Gasteiger partial charge in [0.15, 0.2) is 0 Å². The Labute approximate surface area is 109 Å². The molecule has 18 heavy (non-hydrogen) atoms. The van der Waals surface area contributed by atoms with E-state index in [0.717, 1.165) is 12.8 Å². The summed E-state index contributed by atoms with van der Waals surface area (Å²) < 4.78 is 5.31. The van der Waals surface area contributed by atoms with Gasteiger partial charge in [-0.3, -0.25) is 4.79 Å². The lowest BCUT2D eigenvalue weighted by atomic mass is 10.1. The first-order valence-electron chi connectivity index (χ1n) is 6.37. The molecule has 6 nitrogen and oxygen atoms in total. The first kappa shape index (κ1) is 17.3. The summed E-state index contributed by atoms with van der Waals surface area (Å²) >= 11 is 0. The number of aliphatic hydroxyl groups is 2. The van der Waals surface area contributed by atoms with E-state index < -0.39 is 18.1 Å². The third-order valence-corrected chi connectivity index (χ3v) is 2.43. The van der Waals surface area contributed by atoms with Crippen LogP contribution in [0.4, 0.5) is 0 Å². The summed E-state index contributed by atoms with van der Waals surface area (Å²) in [6.45, 7) is 5.50. The Morgan fingerprint density at radius 1 is 1.33 bits per heavy atom. The Morgan fingerprint density at radius 3 is 2.56 bits per heavy atom. The molecule has 1 amide bonds. The fraction of sp³-hybridized carbons (Fsp3) is 0.917. The lowest BCUT2D eigenvalue weighted by molar-refractivity contribution is -0.125. The van der Waals surface area contributed by atoms with Gasteiger partial charge < -0.3 is 26.0 Å². The molecule has 0 rings (SSSR count). The normalized spacial score (nSPS) is 14.7. The summed E-state index contributed by atoms with van der Waals surface area (Å²) in [5.41, 5.74) is 4.87. The lowest BCUT2D eigenvalue weighted by Gasteiger charge is -2.14. The SMILES string of the molecule is CC(C)CCCOCC(O)CNCC(O)C(N)=O. The van der Waals surface area contributed by atoms with Gasteiger partial charge in [0, 0.05) is 19.7 Å². The standard InChI is InChI=1S/C12H26N2O4/c1-9(2)4-3-5-18-8-10(15)6-14-7-11(16)12(13)17/h9-11,14-16H,3-8H2,1-2H3,(H2,13,17). The summed E-state index contributed by atoms with van der Waals surface area (Å²) in [6, 6.07) is 0. The van der Waals surface area contributed by atoms with Gasteiger partial charge in [-0.05, 0) is 18.8 Å². The van der Waals surface area contributed by atoms with Crippen LogP contribution < -0.4 is 11.1 Å². The van der Waals surface area contributed by atoms with E-state index in [2.05, 4.69) is 19.2 Å². The number of rotatable bonds is 11. The highest BCUT2D eigenvalue weighted by Crippen LogP contribution is 2.03. The van der Waals surface area contributed by atoms with Crippen molar-refractivity contribution in [3.05, 3.63) is 0 Å². The van der Waals surface area contributed by atoms with Crippen LogP contribution in [0.15, 0.2) is 0 Å². The first-order valence-corrected chi connectivity index (χ1v) is 6.37. The fourth-order valence-electron chi connectivity index (χ4n) is 1.36. The Morgan fingerprint density at radius 2 is 2.00 bits per heavy atom. The number of amides is 1. The van der Waals surface area contributed by atoms with E-state index in [0.29, 0.717) is 12.5 Å². The molecule has 0 aliphatic carbocycles. The highest BCUT2D eigenvalue weighted by atomic mass is 16.5. The number of aliphatic hydroxyl groups excluding tert-OH is 2. The highest BCUT2D eigenvalue weighted by molar-refractivity contribution is 5.78. The molecule has 0 aliphatic rings. The van der Waals surface area contributed by atoms with Crippen molar-refractivity contribution < 1.29 is 19.7 Å². The first-order chi connectivity index (χ1) is 8.43. The van der Waals surface area contributed by atoms with Gasteiger partial charge in [-0.25, -0.2) is 0 Å². The number of hydrogen-bond donors (Lipinski definition) is 4. The molecule has 0 bridgehead atoms. The van der Waals surface area contributed by atoms with Crippen LogP contribution in [-0.2, 0) is 9.53 Å². The van der Waals surface area contributed by atoms with Gasteiger partial charge in [0.1, 0.15) is 6.10 Å². The number of primary amides is 1. The predicted octanol–water partition coefficient (Wildman–Crippen LogP) is -0.764. The Balaban J connectivity index is 3.37. The molecule has 108 valence electrons. The van der Waals surface area contributed by atoms with Gasteiger partial charge >= 0.3 is 0 Å². The van der Waals surface area contributed by atoms with E-state index in [4.69, 9.17) is 15.6 Å². The molecule has 2 unspecified atom stereocenters. The highest BCUT2D eigenvalue weighted by Gasteiger charge is 2.11. The molecule has 6 heteroatoms. The van der Waals surface area contributed by atoms with E-state index in [1.165, 1.54) is 0 Å². The molecule has 0 spiro atoms. The zero-order chi connectivity index (χ0) is 14.0. The molecule has 0 heterocycles. The van der Waals surface area contributed by atoms with Crippen LogP contribution in [0.3, 0.4) is 0 Å². The third kappa shape index (κ3) is 10.5. The zero-order valence-electron chi connectivity index (χ0n) is 11.3. The molecular formula is C12H26N2O4. The molecule has 0 saturated heterocycles. The quantitative estimate of drug-likeness (QED) is 0.366. The summed E-state index contributed by atoms with van der Waals surface area (Å²) in [4.78, 5) is 10.5. The number of nitrogens with one attached hydrogen (secondary N) is 1. The molecule has 0 aromatic carbocycles. The van der Waals surface area contributed by atoms with Crippen LogP contribution in [0.1, 0.15) is 26.7 Å². The fourth-order valence-corrected chi connectivity index (χ4v) is 1.36. The topological polar surface area (TPSA) is 105 Å². The maximum Gasteiger partial charge on any atom is 0.247 e. The van der Waals surface area contributed by atoms with Crippen LogP contribution in [0.25, 0.3) is 0 Å². The monoisotopic (exact) mass is 262 g/mol. The van der Waals surface area contributed by atoms with E-state index in [1.54, 1.807) is 0 Å². The third-order valence-electron chi connectivity index (χ3n) is 2.43. The van der Waals surface area contributed by atoms with Gasteiger partial charge in [-0.2, -0.15) is 0 Å². The van der Waals surface area contributed by atoms with Gasteiger partial charge in [0.25, 0.3) is 0 Å². The Hall–Kier alpha value is -0.690. The summed E-state index contributed by atoms with van der Waals surface area (Å²) in [5, 5.41) is 21.4. The second kappa shape index (κ2) is 10.3. The van der Waals surface area contributed by atoms with Crippen LogP contribution in [-0.4, -0.2) is 54.6 Å². The van der Waals surface area contributed by atoms with Gasteiger partial charge in [0.05, 0.1) is 12.7 Å². The van der Waals surface area contributed by atoms with Crippen molar-refractivity contribution in [1.82, 2.24) is 5.32 Å². The van der Waals surface area contributed by atoms with Crippen molar-refractivity contribution in [3.8, 4) is 0 Å². The molecule has 0 fully saturated rings. The number of carbonyl (C=O) groups is 1. The zero-order valence-corrected chi connectivity index (χ0v) is 11.3. The van der Waals surface area contributed by atoms with E-state index in [1.807, 2.05) is 0 Å². The summed E-state index contributed by atoms with van der Waals surface area (Å²) in [5.74, 6) is -0.114. The van der Waals surface area contributed by atoms with Crippen molar-refractivity contribution in [2.75, 3.05) is 26.3 Å². The maximum atomic E-state index is 10.5.